The molecule has 6 nitrogen and oxygen atoms in total. The third kappa shape index (κ3) is 3.79. The number of nitrogens with zero attached hydrogens (tertiary/aromatic N) is 1. The molecule has 1 heterocycles. The molecule has 21 heavy (non-hydrogen) atoms. The highest BCUT2D eigenvalue weighted by Crippen LogP contribution is 2.08. The molecule has 2 aromatic rings. The maximum atomic E-state index is 11.9. The smallest absolute Gasteiger partial charge is 0.335 e. The molecule has 0 spiro atoms. The van der Waals surface area contributed by atoms with Gasteiger partial charge in [0.1, 0.15) is 6.54 Å². The predicted octanol–water partition coefficient (Wildman–Crippen LogP) is 1.49. The standard InChI is InChI=1S/C15H14N2O4/c1-10-2-4-12(5-3-10)16-13(18)9-17-7-6-11(15(20)21)8-14(17)19/h2-8H,9H2,1H3,(H,16,18)(H,20,21). The van der Waals surface area contributed by atoms with Crippen LogP contribution in [0.2, 0.25) is 0 Å². The summed E-state index contributed by atoms with van der Waals surface area (Å²) in [7, 11) is 0. The van der Waals surface area contributed by atoms with Gasteiger partial charge >= 0.3 is 5.97 Å². The zero-order valence-corrected chi connectivity index (χ0v) is 11.4. The summed E-state index contributed by atoms with van der Waals surface area (Å²) in [4.78, 5) is 34.3. The van der Waals surface area contributed by atoms with Gasteiger partial charge < -0.3 is 15.0 Å². The van der Waals surface area contributed by atoms with Gasteiger partial charge in [-0.2, -0.15) is 0 Å². The Hall–Kier alpha value is -2.89. The molecule has 0 saturated carbocycles. The summed E-state index contributed by atoms with van der Waals surface area (Å²) < 4.78 is 1.15. The van der Waals surface area contributed by atoms with Gasteiger partial charge in [0.2, 0.25) is 5.91 Å². The van der Waals surface area contributed by atoms with E-state index in [9.17, 15) is 14.4 Å². The first kappa shape index (κ1) is 14.5. The summed E-state index contributed by atoms with van der Waals surface area (Å²) in [5.74, 6) is -1.53. The van der Waals surface area contributed by atoms with Gasteiger partial charge in [-0.25, -0.2) is 4.79 Å². The molecule has 0 radical (unpaired) electrons. The topological polar surface area (TPSA) is 88.4 Å². The first-order valence-electron chi connectivity index (χ1n) is 6.26. The van der Waals surface area contributed by atoms with Crippen molar-refractivity contribution in [3.05, 3.63) is 64.1 Å². The molecule has 0 atom stereocenters. The number of pyridine rings is 1. The maximum absolute atomic E-state index is 11.9. The summed E-state index contributed by atoms with van der Waals surface area (Å²) in [6, 6.07) is 9.53. The SMILES string of the molecule is Cc1ccc(NC(=O)Cn2ccc(C(=O)O)cc2=O)cc1. The average Bonchev–Trinajstić information content (AvgIpc) is 2.43. The normalized spacial score (nSPS) is 10.1. The molecule has 1 amide bonds. The molecule has 0 saturated heterocycles. The number of amides is 1. The van der Waals surface area contributed by atoms with E-state index in [0.717, 1.165) is 16.2 Å². The third-order valence-corrected chi connectivity index (χ3v) is 2.89. The quantitative estimate of drug-likeness (QED) is 0.891. The zero-order valence-electron chi connectivity index (χ0n) is 11.4. The van der Waals surface area contributed by atoms with Crippen LogP contribution in [0.1, 0.15) is 15.9 Å². The lowest BCUT2D eigenvalue weighted by molar-refractivity contribution is -0.116. The lowest BCUT2D eigenvalue weighted by Gasteiger charge is -2.08. The summed E-state index contributed by atoms with van der Waals surface area (Å²) in [6.45, 7) is 1.77. The number of carboxylic acid groups (broad SMARTS) is 1. The van der Waals surface area contributed by atoms with Crippen molar-refractivity contribution in [1.82, 2.24) is 4.57 Å². The van der Waals surface area contributed by atoms with E-state index in [1.165, 1.54) is 12.3 Å². The Morgan fingerprint density at radius 2 is 1.86 bits per heavy atom. The molecule has 0 aliphatic carbocycles. The van der Waals surface area contributed by atoms with Crippen molar-refractivity contribution in [3.63, 3.8) is 0 Å². The highest BCUT2D eigenvalue weighted by Gasteiger charge is 2.08. The number of hydrogen-bond acceptors (Lipinski definition) is 3. The molecular formula is C15H14N2O4. The molecule has 2 N–H and O–H groups in total. The highest BCUT2D eigenvalue weighted by atomic mass is 16.4. The fourth-order valence-electron chi connectivity index (χ4n) is 1.76. The van der Waals surface area contributed by atoms with Crippen molar-refractivity contribution >= 4 is 17.6 Å². The van der Waals surface area contributed by atoms with Crippen LogP contribution in [0.4, 0.5) is 5.69 Å². The third-order valence-electron chi connectivity index (χ3n) is 2.89. The van der Waals surface area contributed by atoms with Gasteiger partial charge in [-0.15, -0.1) is 0 Å². The van der Waals surface area contributed by atoms with Gasteiger partial charge in [0.25, 0.3) is 5.56 Å². The number of hydrogen-bond donors (Lipinski definition) is 2. The van der Waals surface area contributed by atoms with Crippen molar-refractivity contribution in [2.45, 2.75) is 13.5 Å². The van der Waals surface area contributed by atoms with Crippen molar-refractivity contribution < 1.29 is 14.7 Å². The van der Waals surface area contributed by atoms with E-state index in [4.69, 9.17) is 5.11 Å². The first-order valence-corrected chi connectivity index (χ1v) is 6.26. The number of carboxylic acids is 1. The number of rotatable bonds is 4. The molecular weight excluding hydrogens is 272 g/mol. The van der Waals surface area contributed by atoms with Crippen LogP contribution in [0.15, 0.2) is 47.4 Å². The Labute approximate surface area is 120 Å². The van der Waals surface area contributed by atoms with Gasteiger partial charge in [-0.1, -0.05) is 17.7 Å². The Bertz CT molecular complexity index is 732. The van der Waals surface area contributed by atoms with Crippen LogP contribution in [0.25, 0.3) is 0 Å². The van der Waals surface area contributed by atoms with Gasteiger partial charge in [-0.05, 0) is 25.1 Å². The number of carbonyl (C=O) groups is 2. The van der Waals surface area contributed by atoms with Crippen molar-refractivity contribution in [1.29, 1.82) is 0 Å². The van der Waals surface area contributed by atoms with E-state index in [0.29, 0.717) is 5.69 Å². The molecule has 108 valence electrons. The van der Waals surface area contributed by atoms with Crippen LogP contribution in [-0.4, -0.2) is 21.6 Å². The molecule has 1 aromatic heterocycles. The molecule has 0 fully saturated rings. The molecule has 0 bridgehead atoms. The van der Waals surface area contributed by atoms with Crippen LogP contribution >= 0.6 is 0 Å². The number of anilines is 1. The minimum atomic E-state index is -1.18. The summed E-state index contributed by atoms with van der Waals surface area (Å²) in [6.07, 6.45) is 1.29. The van der Waals surface area contributed by atoms with Crippen LogP contribution in [0.3, 0.4) is 0 Å². The monoisotopic (exact) mass is 286 g/mol. The van der Waals surface area contributed by atoms with E-state index < -0.39 is 11.5 Å². The fourth-order valence-corrected chi connectivity index (χ4v) is 1.76. The number of aromatic nitrogens is 1. The van der Waals surface area contributed by atoms with Gasteiger partial charge in [0.15, 0.2) is 0 Å². The molecule has 2 rings (SSSR count). The molecule has 0 aliphatic heterocycles. The number of carbonyl (C=O) groups excluding carboxylic acids is 1. The largest absolute Gasteiger partial charge is 0.478 e. The van der Waals surface area contributed by atoms with Crippen molar-refractivity contribution in [3.8, 4) is 0 Å². The second-order valence-corrected chi connectivity index (χ2v) is 4.60. The number of aryl methyl sites for hydroxylation is 1. The summed E-state index contributed by atoms with van der Waals surface area (Å²) >= 11 is 0. The average molecular weight is 286 g/mol. The Morgan fingerprint density at radius 3 is 2.43 bits per heavy atom. The van der Waals surface area contributed by atoms with Crippen LogP contribution < -0.4 is 10.9 Å². The molecule has 0 aliphatic rings. The lowest BCUT2D eigenvalue weighted by Crippen LogP contribution is -2.27. The molecule has 0 unspecified atom stereocenters. The fraction of sp³-hybridized carbons (Fsp3) is 0.133. The van der Waals surface area contributed by atoms with Crippen LogP contribution in [0.5, 0.6) is 0 Å². The second kappa shape index (κ2) is 6.04. The number of aromatic carboxylic acids is 1. The Kier molecular flexibility index (Phi) is 4.18. The van der Waals surface area contributed by atoms with E-state index in [1.807, 2.05) is 19.1 Å². The number of nitrogens with one attached hydrogen (secondary N) is 1. The molecule has 1 aromatic carbocycles. The van der Waals surface area contributed by atoms with E-state index in [1.54, 1.807) is 12.1 Å². The molecule has 6 heteroatoms. The van der Waals surface area contributed by atoms with Crippen LogP contribution in [0, 0.1) is 6.92 Å². The number of benzene rings is 1. The summed E-state index contributed by atoms with van der Waals surface area (Å²) in [5.41, 5.74) is 1.08. The summed E-state index contributed by atoms with van der Waals surface area (Å²) in [5, 5.41) is 11.4. The minimum Gasteiger partial charge on any atom is -0.478 e. The van der Waals surface area contributed by atoms with Gasteiger partial charge in [0, 0.05) is 18.0 Å². The van der Waals surface area contributed by atoms with Crippen molar-refractivity contribution in [2.24, 2.45) is 0 Å². The highest BCUT2D eigenvalue weighted by molar-refractivity contribution is 5.90. The van der Waals surface area contributed by atoms with Crippen molar-refractivity contribution in [2.75, 3.05) is 5.32 Å². The Morgan fingerprint density at radius 1 is 1.19 bits per heavy atom. The second-order valence-electron chi connectivity index (χ2n) is 4.60. The van der Waals surface area contributed by atoms with E-state index in [2.05, 4.69) is 5.32 Å². The predicted molar refractivity (Wildman–Crippen MR) is 77.5 cm³/mol. The van der Waals surface area contributed by atoms with Gasteiger partial charge in [0.05, 0.1) is 5.56 Å². The van der Waals surface area contributed by atoms with Gasteiger partial charge in [-0.3, -0.25) is 9.59 Å². The van der Waals surface area contributed by atoms with Crippen LogP contribution in [-0.2, 0) is 11.3 Å². The lowest BCUT2D eigenvalue weighted by atomic mass is 10.2. The minimum absolute atomic E-state index is 0.102. The van der Waals surface area contributed by atoms with E-state index in [-0.39, 0.29) is 18.0 Å². The van der Waals surface area contributed by atoms with E-state index >= 15 is 0 Å². The zero-order chi connectivity index (χ0) is 15.4. The maximum Gasteiger partial charge on any atom is 0.335 e. The Balaban J connectivity index is 2.07. The first-order chi connectivity index (χ1) is 9.95.